The number of thiophene rings is 1. The van der Waals surface area contributed by atoms with Crippen LogP contribution >= 0.6 is 11.3 Å². The number of nitrogens with one attached hydrogen (secondary N) is 1. The van der Waals surface area contributed by atoms with E-state index in [-0.39, 0.29) is 18.4 Å². The summed E-state index contributed by atoms with van der Waals surface area (Å²) in [6, 6.07) is 20.1. The number of rotatable bonds is 5. The Morgan fingerprint density at radius 1 is 1.09 bits per heavy atom. The number of nitrogens with zero attached hydrogens (tertiary/aromatic N) is 1. The molecule has 2 aliphatic rings. The Bertz CT molecular complexity index is 1120. The van der Waals surface area contributed by atoms with E-state index in [0.717, 1.165) is 27.1 Å². The molecule has 2 aromatic carbocycles. The Morgan fingerprint density at radius 3 is 2.34 bits per heavy atom. The van der Waals surface area contributed by atoms with E-state index in [1.165, 1.54) is 23.3 Å². The van der Waals surface area contributed by atoms with E-state index >= 15 is 0 Å². The highest BCUT2D eigenvalue weighted by Gasteiger charge is 2.55. The number of benzene rings is 2. The minimum absolute atomic E-state index is 0.0786. The minimum Gasteiger partial charge on any atom is -0.478 e. The summed E-state index contributed by atoms with van der Waals surface area (Å²) in [5.41, 5.74) is 3.00. The highest BCUT2D eigenvalue weighted by molar-refractivity contribution is 7.10. The summed E-state index contributed by atoms with van der Waals surface area (Å²) in [6.45, 7) is 0.659. The molecule has 2 heterocycles. The predicted molar refractivity (Wildman–Crippen MR) is 123 cm³/mol. The van der Waals surface area contributed by atoms with Gasteiger partial charge in [0.1, 0.15) is 6.61 Å². The first kappa shape index (κ1) is 20.7. The van der Waals surface area contributed by atoms with Gasteiger partial charge in [0.05, 0.1) is 0 Å². The summed E-state index contributed by atoms with van der Waals surface area (Å²) in [4.78, 5) is 27.8. The quantitative estimate of drug-likeness (QED) is 0.601. The van der Waals surface area contributed by atoms with E-state index in [1.807, 2.05) is 41.8 Å². The summed E-state index contributed by atoms with van der Waals surface area (Å²) in [6.07, 6.45) is -0.0152. The molecule has 0 radical (unpaired) electrons. The predicted octanol–water partition coefficient (Wildman–Crippen LogP) is 4.49. The van der Waals surface area contributed by atoms with Crippen LogP contribution in [0.1, 0.15) is 34.3 Å². The lowest BCUT2D eigenvalue weighted by atomic mass is 9.91. The molecule has 2 N–H and O–H groups in total. The Balaban J connectivity index is 1.39. The third kappa shape index (κ3) is 3.12. The van der Waals surface area contributed by atoms with Crippen molar-refractivity contribution in [1.29, 1.82) is 0 Å². The van der Waals surface area contributed by atoms with Gasteiger partial charge in [0, 0.05) is 23.8 Å². The van der Waals surface area contributed by atoms with Gasteiger partial charge in [-0.1, -0.05) is 54.6 Å². The molecule has 2 atom stereocenters. The fourth-order valence-electron chi connectivity index (χ4n) is 5.13. The van der Waals surface area contributed by atoms with Crippen LogP contribution < -0.4 is 5.32 Å². The second-order valence-corrected chi connectivity index (χ2v) is 9.20. The van der Waals surface area contributed by atoms with Crippen LogP contribution in [0.25, 0.3) is 11.1 Å². The van der Waals surface area contributed by atoms with Gasteiger partial charge in [-0.3, -0.25) is 10.2 Å². The number of amides is 1. The van der Waals surface area contributed by atoms with Gasteiger partial charge in [-0.2, -0.15) is 0 Å². The first-order chi connectivity index (χ1) is 15.5. The van der Waals surface area contributed by atoms with E-state index in [1.54, 1.807) is 0 Å². The van der Waals surface area contributed by atoms with Crippen molar-refractivity contribution in [3.8, 4) is 11.1 Å². The van der Waals surface area contributed by atoms with Crippen molar-refractivity contribution >= 4 is 23.4 Å². The zero-order valence-electron chi connectivity index (χ0n) is 17.7. The number of hydrogen-bond donors (Lipinski definition) is 2. The average Bonchev–Trinajstić information content (AvgIpc) is 3.54. The maximum atomic E-state index is 13.1. The standard InChI is InChI=1S/C25H24N2O4S/c1-27(25(23(28)29)21(12-13-26-25)22-11-6-14-32-22)24(30)31-15-20-18-9-4-2-7-16(18)17-8-3-5-10-19(17)20/h2-11,14,20-21,26H,12-13,15H2,1H3,(H,28,29)/t21-,25+/m0/s1. The van der Waals surface area contributed by atoms with Crippen LogP contribution in [0.15, 0.2) is 66.0 Å². The molecule has 0 saturated carbocycles. The van der Waals surface area contributed by atoms with Crippen LogP contribution in [0.2, 0.25) is 0 Å². The van der Waals surface area contributed by atoms with E-state index < -0.39 is 17.7 Å². The topological polar surface area (TPSA) is 78.9 Å². The lowest BCUT2D eigenvalue weighted by Crippen LogP contribution is -2.64. The number of fused-ring (bicyclic) bond motifs is 3. The third-order valence-corrected chi connectivity index (χ3v) is 7.67. The second-order valence-electron chi connectivity index (χ2n) is 8.22. The molecule has 1 saturated heterocycles. The summed E-state index contributed by atoms with van der Waals surface area (Å²) >= 11 is 1.51. The number of carboxylic acids is 1. The highest BCUT2D eigenvalue weighted by atomic mass is 32.1. The maximum absolute atomic E-state index is 13.1. The van der Waals surface area contributed by atoms with Crippen molar-refractivity contribution in [2.75, 3.05) is 20.2 Å². The smallest absolute Gasteiger partial charge is 0.411 e. The third-order valence-electron chi connectivity index (χ3n) is 6.68. The molecule has 0 spiro atoms. The summed E-state index contributed by atoms with van der Waals surface area (Å²) < 4.78 is 5.74. The van der Waals surface area contributed by atoms with Crippen molar-refractivity contribution < 1.29 is 19.4 Å². The molecule has 7 heteroatoms. The first-order valence-corrected chi connectivity index (χ1v) is 11.5. The number of carboxylic acid groups (broad SMARTS) is 1. The van der Waals surface area contributed by atoms with Crippen LogP contribution in [0.3, 0.4) is 0 Å². The molecule has 1 aliphatic carbocycles. The van der Waals surface area contributed by atoms with Crippen LogP contribution in [0.4, 0.5) is 4.79 Å². The number of aliphatic carboxylic acids is 1. The van der Waals surface area contributed by atoms with Gasteiger partial charge < -0.3 is 9.84 Å². The Morgan fingerprint density at radius 2 is 1.75 bits per heavy atom. The molecule has 1 fully saturated rings. The molecule has 0 unspecified atom stereocenters. The number of ether oxygens (including phenoxy) is 1. The molecular weight excluding hydrogens is 424 g/mol. The molecular formula is C25H24N2O4S. The normalized spacial score (nSPS) is 21.7. The van der Waals surface area contributed by atoms with Gasteiger partial charge in [0.25, 0.3) is 0 Å². The average molecular weight is 449 g/mol. The summed E-state index contributed by atoms with van der Waals surface area (Å²) in [5.74, 6) is -1.50. The largest absolute Gasteiger partial charge is 0.478 e. The van der Waals surface area contributed by atoms with Gasteiger partial charge >= 0.3 is 12.1 Å². The number of likely N-dealkylation sites (N-methyl/N-ethyl adjacent to an activating group) is 1. The van der Waals surface area contributed by atoms with E-state index in [0.29, 0.717) is 13.0 Å². The van der Waals surface area contributed by atoms with Gasteiger partial charge in [-0.15, -0.1) is 11.3 Å². The van der Waals surface area contributed by atoms with Crippen LogP contribution in [-0.2, 0) is 9.53 Å². The molecule has 32 heavy (non-hydrogen) atoms. The summed E-state index contributed by atoms with van der Waals surface area (Å²) in [5, 5.41) is 15.2. The van der Waals surface area contributed by atoms with Gasteiger partial charge in [-0.25, -0.2) is 9.59 Å². The second kappa shape index (κ2) is 8.07. The van der Waals surface area contributed by atoms with Gasteiger partial charge in [0.2, 0.25) is 5.66 Å². The Hall–Kier alpha value is -3.16. The molecule has 6 nitrogen and oxygen atoms in total. The molecule has 5 rings (SSSR count). The van der Waals surface area contributed by atoms with Gasteiger partial charge in [-0.05, 0) is 46.7 Å². The molecule has 1 aromatic heterocycles. The van der Waals surface area contributed by atoms with Crippen molar-refractivity contribution in [3.63, 3.8) is 0 Å². The minimum atomic E-state index is -1.53. The monoisotopic (exact) mass is 448 g/mol. The Kier molecular flexibility index (Phi) is 5.23. The lowest BCUT2D eigenvalue weighted by Gasteiger charge is -2.38. The fourth-order valence-corrected chi connectivity index (χ4v) is 6.06. The van der Waals surface area contributed by atoms with Crippen LogP contribution in [-0.4, -0.2) is 47.9 Å². The molecule has 0 bridgehead atoms. The maximum Gasteiger partial charge on any atom is 0.411 e. The lowest BCUT2D eigenvalue weighted by molar-refractivity contribution is -0.152. The highest BCUT2D eigenvalue weighted by Crippen LogP contribution is 2.45. The van der Waals surface area contributed by atoms with E-state index in [2.05, 4.69) is 29.6 Å². The number of carbonyl (C=O) groups excluding carboxylic acids is 1. The van der Waals surface area contributed by atoms with Crippen molar-refractivity contribution in [2.24, 2.45) is 0 Å². The zero-order valence-corrected chi connectivity index (χ0v) is 18.5. The molecule has 164 valence electrons. The summed E-state index contributed by atoms with van der Waals surface area (Å²) in [7, 11) is 1.51. The molecule has 1 amide bonds. The Labute approximate surface area is 190 Å². The van der Waals surface area contributed by atoms with Crippen molar-refractivity contribution in [3.05, 3.63) is 82.0 Å². The van der Waals surface area contributed by atoms with Crippen LogP contribution in [0, 0.1) is 0 Å². The number of hydrogen-bond acceptors (Lipinski definition) is 5. The van der Waals surface area contributed by atoms with Crippen molar-refractivity contribution in [1.82, 2.24) is 10.2 Å². The fraction of sp³-hybridized carbons (Fsp3) is 0.280. The SMILES string of the molecule is CN(C(=O)OCC1c2ccccc2-c2ccccc21)[C@]1(C(=O)O)NCC[C@H]1c1cccs1. The number of carbonyl (C=O) groups is 2. The first-order valence-electron chi connectivity index (χ1n) is 10.6. The van der Waals surface area contributed by atoms with Gasteiger partial charge in [0.15, 0.2) is 0 Å². The van der Waals surface area contributed by atoms with E-state index in [4.69, 9.17) is 4.74 Å². The van der Waals surface area contributed by atoms with E-state index in [9.17, 15) is 14.7 Å². The molecule has 3 aromatic rings. The van der Waals surface area contributed by atoms with Crippen LogP contribution in [0.5, 0.6) is 0 Å². The van der Waals surface area contributed by atoms with Crippen molar-refractivity contribution in [2.45, 2.75) is 23.9 Å². The molecule has 1 aliphatic heterocycles. The zero-order chi connectivity index (χ0) is 22.3.